The summed E-state index contributed by atoms with van der Waals surface area (Å²) in [7, 11) is 0. The van der Waals surface area contributed by atoms with Crippen LogP contribution in [-0.4, -0.2) is 16.0 Å². The van der Waals surface area contributed by atoms with Crippen LogP contribution >= 0.6 is 0 Å². The lowest BCUT2D eigenvalue weighted by Gasteiger charge is -2.11. The van der Waals surface area contributed by atoms with Gasteiger partial charge in [0.25, 0.3) is 5.69 Å². The number of nitro groups is 1. The maximum absolute atomic E-state index is 11.3. The van der Waals surface area contributed by atoms with Crippen molar-refractivity contribution < 1.29 is 14.8 Å². The smallest absolute Gasteiger partial charge is 0.314 e. The molecule has 1 aliphatic carbocycles. The van der Waals surface area contributed by atoms with Crippen LogP contribution in [0.2, 0.25) is 0 Å². The van der Waals surface area contributed by atoms with E-state index in [-0.39, 0.29) is 5.69 Å². The summed E-state index contributed by atoms with van der Waals surface area (Å²) in [5.41, 5.74) is 1.31. The standard InChI is InChI=1S/C16H13NO4/c18-15(19)16(9-10-16)12-7-5-11(6-8-12)13-3-1-2-4-14(13)17(20)21/h1-8H,9-10H2,(H,18,19). The molecule has 3 rings (SSSR count). The highest BCUT2D eigenvalue weighted by Gasteiger charge is 2.51. The second kappa shape index (κ2) is 4.70. The second-order valence-electron chi connectivity index (χ2n) is 5.24. The summed E-state index contributed by atoms with van der Waals surface area (Å²) in [6, 6.07) is 13.5. The summed E-state index contributed by atoms with van der Waals surface area (Å²) in [5.74, 6) is -0.805. The van der Waals surface area contributed by atoms with Gasteiger partial charge in [-0.15, -0.1) is 0 Å². The monoisotopic (exact) mass is 283 g/mol. The predicted molar refractivity (Wildman–Crippen MR) is 77.1 cm³/mol. The first kappa shape index (κ1) is 13.3. The van der Waals surface area contributed by atoms with Gasteiger partial charge in [0.15, 0.2) is 0 Å². The number of hydrogen-bond acceptors (Lipinski definition) is 3. The maximum Gasteiger partial charge on any atom is 0.314 e. The number of carboxylic acids is 1. The van der Waals surface area contributed by atoms with Gasteiger partial charge in [-0.05, 0) is 30.0 Å². The first-order valence-electron chi connectivity index (χ1n) is 6.62. The fourth-order valence-electron chi connectivity index (χ4n) is 2.60. The van der Waals surface area contributed by atoms with Crippen LogP contribution in [0.1, 0.15) is 18.4 Å². The first-order chi connectivity index (χ1) is 10.0. The predicted octanol–water partition coefficient (Wildman–Crippen LogP) is 3.38. The molecular weight excluding hydrogens is 270 g/mol. The van der Waals surface area contributed by atoms with Crippen molar-refractivity contribution in [3.63, 3.8) is 0 Å². The Labute approximate surface area is 121 Å². The van der Waals surface area contributed by atoms with Crippen molar-refractivity contribution in [3.05, 3.63) is 64.2 Å². The molecule has 2 aromatic rings. The van der Waals surface area contributed by atoms with Crippen LogP contribution in [0.15, 0.2) is 48.5 Å². The van der Waals surface area contributed by atoms with Crippen LogP contribution in [0.25, 0.3) is 11.1 Å². The van der Waals surface area contributed by atoms with E-state index < -0.39 is 16.3 Å². The summed E-state index contributed by atoms with van der Waals surface area (Å²) in [6.45, 7) is 0. The molecule has 5 nitrogen and oxygen atoms in total. The molecule has 0 amide bonds. The Morgan fingerprint density at radius 2 is 1.71 bits per heavy atom. The number of nitro benzene ring substituents is 1. The SMILES string of the molecule is O=C(O)C1(c2ccc(-c3ccccc3[N+](=O)[O-])cc2)CC1. The Hall–Kier alpha value is -2.69. The molecule has 0 heterocycles. The minimum Gasteiger partial charge on any atom is -0.481 e. The lowest BCUT2D eigenvalue weighted by molar-refractivity contribution is -0.384. The Kier molecular flexibility index (Phi) is 2.97. The van der Waals surface area contributed by atoms with Gasteiger partial charge in [0, 0.05) is 6.07 Å². The Morgan fingerprint density at radius 1 is 1.10 bits per heavy atom. The number of hydrogen-bond donors (Lipinski definition) is 1. The van der Waals surface area contributed by atoms with Crippen molar-refractivity contribution in [3.8, 4) is 11.1 Å². The van der Waals surface area contributed by atoms with E-state index >= 15 is 0 Å². The van der Waals surface area contributed by atoms with Crippen molar-refractivity contribution in [2.24, 2.45) is 0 Å². The molecule has 1 aliphatic rings. The normalized spacial score (nSPS) is 15.4. The zero-order valence-electron chi connectivity index (χ0n) is 11.2. The highest BCUT2D eigenvalue weighted by Crippen LogP contribution is 2.48. The lowest BCUT2D eigenvalue weighted by Crippen LogP contribution is -2.19. The van der Waals surface area contributed by atoms with Gasteiger partial charge >= 0.3 is 5.97 Å². The van der Waals surface area contributed by atoms with E-state index in [0.29, 0.717) is 24.0 Å². The topological polar surface area (TPSA) is 80.4 Å². The molecule has 106 valence electrons. The molecule has 0 unspecified atom stereocenters. The third-order valence-corrected chi connectivity index (χ3v) is 4.01. The van der Waals surface area contributed by atoms with Crippen molar-refractivity contribution in [1.29, 1.82) is 0 Å². The molecule has 0 spiro atoms. The van der Waals surface area contributed by atoms with E-state index in [2.05, 4.69) is 0 Å². The third-order valence-electron chi connectivity index (χ3n) is 4.01. The maximum atomic E-state index is 11.3. The highest BCUT2D eigenvalue weighted by molar-refractivity contribution is 5.85. The fourth-order valence-corrected chi connectivity index (χ4v) is 2.60. The van der Waals surface area contributed by atoms with Gasteiger partial charge in [0.05, 0.1) is 15.9 Å². The van der Waals surface area contributed by atoms with Crippen LogP contribution in [0.3, 0.4) is 0 Å². The summed E-state index contributed by atoms with van der Waals surface area (Å²) in [5, 5.41) is 20.3. The molecule has 1 fully saturated rings. The molecular formula is C16H13NO4. The Balaban J connectivity index is 1.99. The zero-order valence-corrected chi connectivity index (χ0v) is 11.2. The molecule has 0 atom stereocenters. The quantitative estimate of drug-likeness (QED) is 0.689. The van der Waals surface area contributed by atoms with Gasteiger partial charge in [-0.25, -0.2) is 0 Å². The molecule has 0 bridgehead atoms. The van der Waals surface area contributed by atoms with E-state index in [1.165, 1.54) is 6.07 Å². The molecule has 5 heteroatoms. The van der Waals surface area contributed by atoms with Crippen LogP contribution in [0, 0.1) is 10.1 Å². The van der Waals surface area contributed by atoms with E-state index in [4.69, 9.17) is 0 Å². The van der Waals surface area contributed by atoms with Gasteiger partial charge in [0.1, 0.15) is 0 Å². The average molecular weight is 283 g/mol. The zero-order chi connectivity index (χ0) is 15.0. The highest BCUT2D eigenvalue weighted by atomic mass is 16.6. The Bertz CT molecular complexity index is 717. The second-order valence-corrected chi connectivity index (χ2v) is 5.24. The summed E-state index contributed by atoms with van der Waals surface area (Å²) in [6.07, 6.45) is 1.29. The largest absolute Gasteiger partial charge is 0.481 e. The van der Waals surface area contributed by atoms with Crippen LogP contribution < -0.4 is 0 Å². The first-order valence-corrected chi connectivity index (χ1v) is 6.62. The lowest BCUT2D eigenvalue weighted by atomic mass is 9.93. The minimum absolute atomic E-state index is 0.0459. The average Bonchev–Trinajstić information content (AvgIpc) is 3.29. The van der Waals surface area contributed by atoms with Crippen molar-refractivity contribution in [2.45, 2.75) is 18.3 Å². The molecule has 0 aliphatic heterocycles. The van der Waals surface area contributed by atoms with Gasteiger partial charge in [-0.3, -0.25) is 14.9 Å². The van der Waals surface area contributed by atoms with Gasteiger partial charge < -0.3 is 5.11 Å². The van der Waals surface area contributed by atoms with Crippen molar-refractivity contribution >= 4 is 11.7 Å². The van der Waals surface area contributed by atoms with Gasteiger partial charge in [-0.2, -0.15) is 0 Å². The number of aliphatic carboxylic acids is 1. The molecule has 2 aromatic carbocycles. The molecule has 1 N–H and O–H groups in total. The molecule has 1 saturated carbocycles. The van der Waals surface area contributed by atoms with Crippen LogP contribution in [0.4, 0.5) is 5.69 Å². The molecule has 0 saturated heterocycles. The van der Waals surface area contributed by atoms with Gasteiger partial charge in [0.2, 0.25) is 0 Å². The number of carbonyl (C=O) groups is 1. The number of para-hydroxylation sites is 1. The number of carboxylic acid groups (broad SMARTS) is 1. The van der Waals surface area contributed by atoms with E-state index in [1.54, 1.807) is 42.5 Å². The minimum atomic E-state index is -0.805. The summed E-state index contributed by atoms with van der Waals surface area (Å²) >= 11 is 0. The summed E-state index contributed by atoms with van der Waals surface area (Å²) < 4.78 is 0. The number of rotatable bonds is 4. The van der Waals surface area contributed by atoms with E-state index in [0.717, 1.165) is 5.56 Å². The number of benzene rings is 2. The third kappa shape index (κ3) is 2.16. The Morgan fingerprint density at radius 3 is 2.24 bits per heavy atom. The van der Waals surface area contributed by atoms with Crippen molar-refractivity contribution in [1.82, 2.24) is 0 Å². The molecule has 21 heavy (non-hydrogen) atoms. The van der Waals surface area contributed by atoms with Gasteiger partial charge in [-0.1, -0.05) is 36.4 Å². The molecule has 0 radical (unpaired) electrons. The molecule has 0 aromatic heterocycles. The summed E-state index contributed by atoms with van der Waals surface area (Å²) in [4.78, 5) is 21.9. The van der Waals surface area contributed by atoms with Crippen LogP contribution in [0.5, 0.6) is 0 Å². The van der Waals surface area contributed by atoms with Crippen LogP contribution in [-0.2, 0) is 10.2 Å². The van der Waals surface area contributed by atoms with E-state index in [1.807, 2.05) is 0 Å². The van der Waals surface area contributed by atoms with E-state index in [9.17, 15) is 20.0 Å². The fraction of sp³-hybridized carbons (Fsp3) is 0.188. The number of nitrogens with zero attached hydrogens (tertiary/aromatic N) is 1. The van der Waals surface area contributed by atoms with Crippen molar-refractivity contribution in [2.75, 3.05) is 0 Å².